The molecule has 0 unspecified atom stereocenters. The second-order valence-electron chi connectivity index (χ2n) is 3.78. The summed E-state index contributed by atoms with van der Waals surface area (Å²) in [5.74, 6) is -0.582. The Morgan fingerprint density at radius 2 is 2.05 bits per heavy atom. The number of hydrogen-bond donors (Lipinski definition) is 1. The monoisotopic (exact) mass is 296 g/mol. The Morgan fingerprint density at radius 1 is 1.32 bits per heavy atom. The number of methoxy groups -OCH3 is 1. The van der Waals surface area contributed by atoms with Crippen molar-refractivity contribution in [3.8, 4) is 11.1 Å². The van der Waals surface area contributed by atoms with Gasteiger partial charge in [0.1, 0.15) is 0 Å². The zero-order valence-electron chi connectivity index (χ0n) is 9.98. The summed E-state index contributed by atoms with van der Waals surface area (Å²) in [6, 6.07) is 6.69. The van der Waals surface area contributed by atoms with Crippen LogP contribution in [-0.4, -0.2) is 18.1 Å². The number of anilines is 1. The van der Waals surface area contributed by atoms with Crippen LogP contribution in [0.15, 0.2) is 30.5 Å². The van der Waals surface area contributed by atoms with Crippen LogP contribution in [0.25, 0.3) is 11.1 Å². The fourth-order valence-electron chi connectivity index (χ4n) is 1.62. The minimum absolute atomic E-state index is 0.0735. The van der Waals surface area contributed by atoms with Crippen molar-refractivity contribution in [1.29, 1.82) is 0 Å². The van der Waals surface area contributed by atoms with Crippen molar-refractivity contribution >= 4 is 34.9 Å². The number of halogens is 2. The third-order valence-electron chi connectivity index (χ3n) is 2.54. The number of carbonyl (C=O) groups excluding carboxylic acids is 1. The Hall–Kier alpha value is -1.78. The Balaban J connectivity index is 2.50. The molecular formula is C13H10Cl2N2O2. The fourth-order valence-corrected chi connectivity index (χ4v) is 2.01. The van der Waals surface area contributed by atoms with Crippen LogP contribution in [0.4, 0.5) is 5.69 Å². The van der Waals surface area contributed by atoms with Gasteiger partial charge in [0.2, 0.25) is 0 Å². The largest absolute Gasteiger partial charge is 0.464 e. The third-order valence-corrected chi connectivity index (χ3v) is 3.10. The lowest BCUT2D eigenvalue weighted by Gasteiger charge is -2.08. The van der Waals surface area contributed by atoms with E-state index in [2.05, 4.69) is 9.72 Å². The van der Waals surface area contributed by atoms with Gasteiger partial charge in [-0.2, -0.15) is 0 Å². The second-order valence-corrected chi connectivity index (χ2v) is 4.62. The molecule has 1 aromatic heterocycles. The minimum Gasteiger partial charge on any atom is -0.464 e. The van der Waals surface area contributed by atoms with Crippen LogP contribution in [0.1, 0.15) is 10.5 Å². The molecule has 0 spiro atoms. The number of hydrogen-bond acceptors (Lipinski definition) is 4. The lowest BCUT2D eigenvalue weighted by atomic mass is 10.1. The summed E-state index contributed by atoms with van der Waals surface area (Å²) in [5, 5.41) is 1.08. The average Bonchev–Trinajstić information content (AvgIpc) is 2.40. The number of benzene rings is 1. The quantitative estimate of drug-likeness (QED) is 0.862. The highest BCUT2D eigenvalue weighted by Gasteiger charge is 2.14. The van der Waals surface area contributed by atoms with Crippen molar-refractivity contribution in [2.24, 2.45) is 0 Å². The molecule has 98 valence electrons. The molecule has 1 aromatic carbocycles. The topological polar surface area (TPSA) is 65.2 Å². The summed E-state index contributed by atoms with van der Waals surface area (Å²) in [7, 11) is 1.27. The molecule has 0 fully saturated rings. The first-order valence-electron chi connectivity index (χ1n) is 5.32. The van der Waals surface area contributed by atoms with E-state index in [1.54, 1.807) is 24.3 Å². The Bertz CT molecular complexity index is 645. The maximum Gasteiger partial charge on any atom is 0.358 e. The number of nitrogen functional groups attached to an aromatic ring is 1. The number of pyridine rings is 1. The number of nitrogens with two attached hydrogens (primary N) is 1. The van der Waals surface area contributed by atoms with Crippen LogP contribution in [0.5, 0.6) is 0 Å². The van der Waals surface area contributed by atoms with Crippen LogP contribution in [0, 0.1) is 0 Å². The van der Waals surface area contributed by atoms with Gasteiger partial charge in [-0.05, 0) is 24.3 Å². The van der Waals surface area contributed by atoms with Gasteiger partial charge in [-0.25, -0.2) is 9.78 Å². The van der Waals surface area contributed by atoms with E-state index in [1.807, 2.05) is 0 Å². The first kappa shape index (κ1) is 13.6. The van der Waals surface area contributed by atoms with Gasteiger partial charge in [-0.1, -0.05) is 23.2 Å². The molecule has 1 heterocycles. The smallest absolute Gasteiger partial charge is 0.358 e. The molecule has 2 aromatic rings. The number of ether oxygens (including phenoxy) is 1. The summed E-state index contributed by atoms with van der Waals surface area (Å²) in [5.41, 5.74) is 7.46. The van der Waals surface area contributed by atoms with Crippen LogP contribution in [0.2, 0.25) is 10.0 Å². The van der Waals surface area contributed by atoms with Gasteiger partial charge in [0.15, 0.2) is 5.69 Å². The van der Waals surface area contributed by atoms with Crippen molar-refractivity contribution in [3.63, 3.8) is 0 Å². The molecule has 0 atom stereocenters. The summed E-state index contributed by atoms with van der Waals surface area (Å²) in [6.07, 6.45) is 1.50. The minimum atomic E-state index is -0.582. The van der Waals surface area contributed by atoms with Gasteiger partial charge in [0, 0.05) is 27.4 Å². The normalized spacial score (nSPS) is 10.3. The SMILES string of the molecule is COC(=O)c1ncc(-c2cc(Cl)ccc2Cl)cc1N. The number of nitrogens with zero attached hydrogens (tertiary/aromatic N) is 1. The van der Waals surface area contributed by atoms with Gasteiger partial charge in [-0.15, -0.1) is 0 Å². The van der Waals surface area contributed by atoms with Gasteiger partial charge in [0.05, 0.1) is 12.8 Å². The number of rotatable bonds is 2. The highest BCUT2D eigenvalue weighted by atomic mass is 35.5. The van der Waals surface area contributed by atoms with E-state index in [0.717, 1.165) is 0 Å². The molecule has 0 saturated carbocycles. The fraction of sp³-hybridized carbons (Fsp3) is 0.0769. The molecule has 0 bridgehead atoms. The predicted molar refractivity (Wildman–Crippen MR) is 75.4 cm³/mol. The van der Waals surface area contributed by atoms with Crippen molar-refractivity contribution in [2.45, 2.75) is 0 Å². The van der Waals surface area contributed by atoms with Gasteiger partial charge in [0.25, 0.3) is 0 Å². The van der Waals surface area contributed by atoms with Crippen molar-refractivity contribution in [2.75, 3.05) is 12.8 Å². The van der Waals surface area contributed by atoms with Crippen LogP contribution < -0.4 is 5.73 Å². The summed E-state index contributed by atoms with van der Waals surface area (Å²) in [4.78, 5) is 15.4. The van der Waals surface area contributed by atoms with E-state index in [-0.39, 0.29) is 11.4 Å². The van der Waals surface area contributed by atoms with Crippen LogP contribution in [-0.2, 0) is 4.74 Å². The molecule has 19 heavy (non-hydrogen) atoms. The molecule has 0 aliphatic carbocycles. The highest BCUT2D eigenvalue weighted by Crippen LogP contribution is 2.31. The van der Waals surface area contributed by atoms with Crippen LogP contribution in [0.3, 0.4) is 0 Å². The molecule has 2 N–H and O–H groups in total. The lowest BCUT2D eigenvalue weighted by Crippen LogP contribution is -2.08. The molecule has 6 heteroatoms. The van der Waals surface area contributed by atoms with Gasteiger partial charge < -0.3 is 10.5 Å². The summed E-state index contributed by atoms with van der Waals surface area (Å²) < 4.78 is 4.58. The zero-order chi connectivity index (χ0) is 14.0. The van der Waals surface area contributed by atoms with E-state index >= 15 is 0 Å². The van der Waals surface area contributed by atoms with Crippen LogP contribution >= 0.6 is 23.2 Å². The molecular weight excluding hydrogens is 287 g/mol. The number of carbonyl (C=O) groups is 1. The standard InChI is InChI=1S/C13H10Cl2N2O2/c1-19-13(18)12-11(16)4-7(6-17-12)9-5-8(14)2-3-10(9)15/h2-6H,16H2,1H3. The Kier molecular flexibility index (Phi) is 3.93. The average molecular weight is 297 g/mol. The van der Waals surface area contributed by atoms with E-state index in [0.29, 0.717) is 21.2 Å². The molecule has 2 rings (SSSR count). The van der Waals surface area contributed by atoms with E-state index in [9.17, 15) is 4.79 Å². The maximum absolute atomic E-state index is 11.4. The lowest BCUT2D eigenvalue weighted by molar-refractivity contribution is 0.0595. The first-order chi connectivity index (χ1) is 9.02. The Labute approximate surface area is 120 Å². The van der Waals surface area contributed by atoms with Crippen molar-refractivity contribution in [3.05, 3.63) is 46.2 Å². The number of esters is 1. The molecule has 0 amide bonds. The second kappa shape index (κ2) is 5.47. The summed E-state index contributed by atoms with van der Waals surface area (Å²) in [6.45, 7) is 0. The maximum atomic E-state index is 11.4. The van der Waals surface area contributed by atoms with Crippen molar-refractivity contribution in [1.82, 2.24) is 4.98 Å². The molecule has 0 saturated heterocycles. The first-order valence-corrected chi connectivity index (χ1v) is 6.07. The number of aromatic nitrogens is 1. The van der Waals surface area contributed by atoms with E-state index < -0.39 is 5.97 Å². The summed E-state index contributed by atoms with van der Waals surface area (Å²) >= 11 is 12.0. The van der Waals surface area contributed by atoms with Gasteiger partial charge in [-0.3, -0.25) is 0 Å². The predicted octanol–water partition coefficient (Wildman–Crippen LogP) is 3.42. The molecule has 0 aliphatic rings. The van der Waals surface area contributed by atoms with E-state index in [1.165, 1.54) is 13.3 Å². The molecule has 4 nitrogen and oxygen atoms in total. The Morgan fingerprint density at radius 3 is 2.68 bits per heavy atom. The highest BCUT2D eigenvalue weighted by molar-refractivity contribution is 6.35. The van der Waals surface area contributed by atoms with E-state index in [4.69, 9.17) is 28.9 Å². The molecule has 0 radical (unpaired) electrons. The van der Waals surface area contributed by atoms with Crippen molar-refractivity contribution < 1.29 is 9.53 Å². The zero-order valence-corrected chi connectivity index (χ0v) is 11.5. The van der Waals surface area contributed by atoms with Gasteiger partial charge >= 0.3 is 5.97 Å². The third kappa shape index (κ3) is 2.80. The molecule has 0 aliphatic heterocycles.